The Kier molecular flexibility index (Phi) is 6.66. The summed E-state index contributed by atoms with van der Waals surface area (Å²) in [5.74, 6) is -0.678. The van der Waals surface area contributed by atoms with E-state index in [9.17, 15) is 24.3 Å². The second-order valence-electron chi connectivity index (χ2n) is 6.70. The molecule has 0 radical (unpaired) electrons. The fourth-order valence-corrected chi connectivity index (χ4v) is 3.00. The fraction of sp³-hybridized carbons (Fsp3) is 0.647. The van der Waals surface area contributed by atoms with Crippen LogP contribution in [0.5, 0.6) is 0 Å². The van der Waals surface area contributed by atoms with Crippen molar-refractivity contribution in [3.05, 3.63) is 33.1 Å². The third-order valence-electron chi connectivity index (χ3n) is 4.38. The van der Waals surface area contributed by atoms with Gasteiger partial charge in [-0.2, -0.15) is 0 Å². The minimum Gasteiger partial charge on any atom is -0.456 e. The summed E-state index contributed by atoms with van der Waals surface area (Å²) in [4.78, 5) is 48.0. The third-order valence-corrected chi connectivity index (χ3v) is 4.38. The molecule has 150 valence electrons. The Bertz CT molecular complexity index is 801. The lowest BCUT2D eigenvalue weighted by Gasteiger charge is -2.27. The van der Waals surface area contributed by atoms with Crippen molar-refractivity contribution in [1.82, 2.24) is 9.55 Å². The van der Waals surface area contributed by atoms with Crippen molar-refractivity contribution in [2.75, 3.05) is 6.61 Å². The highest BCUT2D eigenvalue weighted by Crippen LogP contribution is 2.42. The minimum absolute atomic E-state index is 0.0124. The zero-order valence-corrected chi connectivity index (χ0v) is 15.1. The molecular weight excluding hydrogens is 363 g/mol. The molecular formula is C17H23FN2O7. The quantitative estimate of drug-likeness (QED) is 0.483. The molecule has 0 bridgehead atoms. The Morgan fingerprint density at radius 3 is 2.63 bits per heavy atom. The number of H-pyrrole nitrogens is 1. The van der Waals surface area contributed by atoms with Gasteiger partial charge in [0.15, 0.2) is 18.0 Å². The highest BCUT2D eigenvalue weighted by Gasteiger charge is 2.57. The number of hydrogen-bond acceptors (Lipinski definition) is 7. The van der Waals surface area contributed by atoms with Gasteiger partial charge in [-0.25, -0.2) is 9.18 Å². The van der Waals surface area contributed by atoms with Gasteiger partial charge in [-0.1, -0.05) is 0 Å². The predicted octanol–water partition coefficient (Wildman–Crippen LogP) is 0.216. The van der Waals surface area contributed by atoms with Gasteiger partial charge in [-0.05, 0) is 26.7 Å². The van der Waals surface area contributed by atoms with E-state index in [0.717, 1.165) is 23.8 Å². The molecule has 2 N–H and O–H groups in total. The molecule has 1 aliphatic heterocycles. The van der Waals surface area contributed by atoms with E-state index in [2.05, 4.69) is 0 Å². The van der Waals surface area contributed by atoms with E-state index in [1.54, 1.807) is 0 Å². The molecule has 10 heteroatoms. The first-order valence-corrected chi connectivity index (χ1v) is 8.62. The van der Waals surface area contributed by atoms with Gasteiger partial charge in [-0.3, -0.25) is 19.1 Å². The molecule has 1 aliphatic rings. The molecule has 1 saturated heterocycles. The number of aromatic amines is 1. The monoisotopic (exact) mass is 386 g/mol. The number of aromatic nitrogens is 2. The molecule has 0 spiro atoms. The number of rotatable bonds is 8. The van der Waals surface area contributed by atoms with Crippen LogP contribution in [0, 0.1) is 0 Å². The van der Waals surface area contributed by atoms with Crippen LogP contribution in [0.4, 0.5) is 4.39 Å². The Morgan fingerprint density at radius 2 is 2.04 bits per heavy atom. The summed E-state index contributed by atoms with van der Waals surface area (Å²) in [6.45, 7) is 1.92. The Morgan fingerprint density at radius 1 is 1.37 bits per heavy atom. The number of nitrogens with one attached hydrogen (secondary N) is 1. The van der Waals surface area contributed by atoms with Gasteiger partial charge in [0.2, 0.25) is 0 Å². The van der Waals surface area contributed by atoms with E-state index >= 15 is 4.39 Å². The molecule has 2 unspecified atom stereocenters. The van der Waals surface area contributed by atoms with Gasteiger partial charge in [0.25, 0.3) is 5.56 Å². The standard InChI is InChI=1S/C17H23FN2O7/c1-10(22)5-3-4-6-13(24)27-14-11(9-21)26-15(17(14,2)18)20-8-7-12(23)19-16(20)25/h7-8,11,14-15,21H,3-6,9H2,1-2H3,(H,19,23,25)/t11?,14-,15?,17-/m1/s1. The van der Waals surface area contributed by atoms with Crippen molar-refractivity contribution in [2.24, 2.45) is 0 Å². The largest absolute Gasteiger partial charge is 0.456 e. The molecule has 2 heterocycles. The number of nitrogens with zero attached hydrogens (tertiary/aromatic N) is 1. The van der Waals surface area contributed by atoms with Crippen LogP contribution in [0.15, 0.2) is 21.9 Å². The first kappa shape index (κ1) is 21.0. The highest BCUT2D eigenvalue weighted by molar-refractivity contribution is 5.75. The number of ether oxygens (including phenoxy) is 2. The first-order chi connectivity index (χ1) is 12.7. The average Bonchev–Trinajstić information content (AvgIpc) is 2.82. The van der Waals surface area contributed by atoms with Crippen LogP contribution in [0.25, 0.3) is 0 Å². The second-order valence-corrected chi connectivity index (χ2v) is 6.70. The van der Waals surface area contributed by atoms with E-state index in [1.807, 2.05) is 4.98 Å². The summed E-state index contributed by atoms with van der Waals surface area (Å²) >= 11 is 0. The number of hydrogen-bond donors (Lipinski definition) is 2. The number of alkyl halides is 1. The molecule has 4 atom stereocenters. The Hall–Kier alpha value is -2.33. The number of aliphatic hydroxyl groups is 1. The number of unbranched alkanes of at least 4 members (excludes halogenated alkanes) is 1. The number of aliphatic hydroxyl groups excluding tert-OH is 1. The van der Waals surface area contributed by atoms with Crippen LogP contribution >= 0.6 is 0 Å². The summed E-state index contributed by atoms with van der Waals surface area (Å²) < 4.78 is 26.8. The maximum atomic E-state index is 15.4. The second kappa shape index (κ2) is 8.57. The molecule has 1 aromatic heterocycles. The van der Waals surface area contributed by atoms with Gasteiger partial charge in [0, 0.05) is 25.1 Å². The highest BCUT2D eigenvalue weighted by atomic mass is 19.1. The van der Waals surface area contributed by atoms with E-state index in [-0.39, 0.29) is 12.2 Å². The van der Waals surface area contributed by atoms with Gasteiger partial charge in [0.05, 0.1) is 6.61 Å². The lowest BCUT2D eigenvalue weighted by molar-refractivity contribution is -0.158. The molecule has 1 aromatic rings. The molecule has 27 heavy (non-hydrogen) atoms. The van der Waals surface area contributed by atoms with Gasteiger partial charge in [0.1, 0.15) is 11.9 Å². The lowest BCUT2D eigenvalue weighted by atomic mass is 9.98. The number of carbonyl (C=O) groups excluding carboxylic acids is 2. The summed E-state index contributed by atoms with van der Waals surface area (Å²) in [5, 5.41) is 9.47. The average molecular weight is 386 g/mol. The van der Waals surface area contributed by atoms with Crippen molar-refractivity contribution in [3.8, 4) is 0 Å². The normalized spacial score (nSPS) is 27.5. The van der Waals surface area contributed by atoms with E-state index < -0.39 is 47.9 Å². The van der Waals surface area contributed by atoms with Crippen molar-refractivity contribution in [1.29, 1.82) is 0 Å². The maximum Gasteiger partial charge on any atom is 0.330 e. The van der Waals surface area contributed by atoms with E-state index in [0.29, 0.717) is 19.3 Å². The van der Waals surface area contributed by atoms with Crippen molar-refractivity contribution in [3.63, 3.8) is 0 Å². The van der Waals surface area contributed by atoms with Gasteiger partial charge in [-0.15, -0.1) is 0 Å². The van der Waals surface area contributed by atoms with Gasteiger partial charge < -0.3 is 19.4 Å². The third kappa shape index (κ3) is 4.89. The topological polar surface area (TPSA) is 128 Å². The summed E-state index contributed by atoms with van der Waals surface area (Å²) in [6, 6.07) is 1.03. The molecule has 2 rings (SSSR count). The van der Waals surface area contributed by atoms with Crippen LogP contribution in [-0.4, -0.2) is 50.9 Å². The van der Waals surface area contributed by atoms with Crippen molar-refractivity contribution >= 4 is 11.8 Å². The van der Waals surface area contributed by atoms with Crippen LogP contribution in [0.2, 0.25) is 0 Å². The summed E-state index contributed by atoms with van der Waals surface area (Å²) in [5.41, 5.74) is -3.86. The van der Waals surface area contributed by atoms with E-state index in [1.165, 1.54) is 6.92 Å². The van der Waals surface area contributed by atoms with Crippen LogP contribution in [0.3, 0.4) is 0 Å². The fourth-order valence-electron chi connectivity index (χ4n) is 3.00. The molecule has 0 amide bonds. The summed E-state index contributed by atoms with van der Waals surface area (Å²) in [7, 11) is 0. The zero-order valence-electron chi connectivity index (χ0n) is 15.1. The first-order valence-electron chi connectivity index (χ1n) is 8.62. The van der Waals surface area contributed by atoms with Crippen LogP contribution in [0.1, 0.15) is 45.8 Å². The number of ketones is 1. The molecule has 0 aliphatic carbocycles. The number of carbonyl (C=O) groups is 2. The molecule has 9 nitrogen and oxygen atoms in total. The van der Waals surface area contributed by atoms with Crippen molar-refractivity contribution in [2.45, 2.75) is 63.6 Å². The molecule has 0 aromatic carbocycles. The van der Waals surface area contributed by atoms with Crippen molar-refractivity contribution < 1.29 is 28.6 Å². The maximum absolute atomic E-state index is 15.4. The summed E-state index contributed by atoms with van der Waals surface area (Å²) in [6.07, 6.45) is -1.78. The van der Waals surface area contributed by atoms with Gasteiger partial charge >= 0.3 is 11.7 Å². The number of esters is 1. The zero-order chi connectivity index (χ0) is 20.2. The number of Topliss-reactive ketones (excluding diaryl/α,β-unsaturated/α-hetero) is 1. The molecule has 1 fully saturated rings. The smallest absolute Gasteiger partial charge is 0.330 e. The lowest BCUT2D eigenvalue weighted by Crippen LogP contribution is -2.46. The van der Waals surface area contributed by atoms with Crippen LogP contribution in [-0.2, 0) is 19.1 Å². The predicted molar refractivity (Wildman–Crippen MR) is 90.9 cm³/mol. The Balaban J connectivity index is 2.11. The van der Waals surface area contributed by atoms with E-state index in [4.69, 9.17) is 9.47 Å². The Labute approximate surface area is 154 Å². The minimum atomic E-state index is -2.33. The molecule has 0 saturated carbocycles. The SMILES string of the molecule is CC(=O)CCCCC(=O)O[C@@H]1C(CO)OC(n2ccc(=O)[nH]c2=O)[C@]1(C)F. The van der Waals surface area contributed by atoms with Crippen LogP contribution < -0.4 is 11.2 Å². The number of halogens is 1.